The second kappa shape index (κ2) is 10.7. The summed E-state index contributed by atoms with van der Waals surface area (Å²) in [7, 11) is -1.06. The van der Waals surface area contributed by atoms with Crippen molar-refractivity contribution in [3.63, 3.8) is 0 Å². The summed E-state index contributed by atoms with van der Waals surface area (Å²) in [6, 6.07) is 3.73. The minimum atomic E-state index is -1.06. The number of anilines is 1. The van der Waals surface area contributed by atoms with E-state index in [9.17, 15) is 9.12 Å². The zero-order valence-electron chi connectivity index (χ0n) is 19.6. The third kappa shape index (κ3) is 5.27. The van der Waals surface area contributed by atoms with Crippen molar-refractivity contribution < 1.29 is 29.9 Å². The average molecular weight is 608 g/mol. The summed E-state index contributed by atoms with van der Waals surface area (Å²) >= 11 is -0.625. The predicted octanol–water partition coefficient (Wildman–Crippen LogP) is 0.0189. The van der Waals surface area contributed by atoms with Crippen molar-refractivity contribution in [1.29, 1.82) is 0 Å². The molecule has 3 aromatic heterocycles. The number of pyridine rings is 1. The van der Waals surface area contributed by atoms with Crippen LogP contribution in [0.1, 0.15) is 44.2 Å². The fourth-order valence-electron chi connectivity index (χ4n) is 4.28. The van der Waals surface area contributed by atoms with Gasteiger partial charge in [0, 0.05) is 12.4 Å². The average Bonchev–Trinajstić information content (AvgIpc) is 3.52. The molecule has 0 amide bonds. The van der Waals surface area contributed by atoms with Crippen molar-refractivity contribution in [3.8, 4) is 11.4 Å². The number of hydrogen-bond acceptors (Lipinski definition) is 10. The van der Waals surface area contributed by atoms with Gasteiger partial charge in [0.1, 0.15) is 0 Å². The molecule has 0 aliphatic carbocycles. The van der Waals surface area contributed by atoms with Gasteiger partial charge in [-0.3, -0.25) is 4.98 Å². The van der Waals surface area contributed by atoms with Gasteiger partial charge in [0.05, 0.1) is 0 Å². The first-order valence-electron chi connectivity index (χ1n) is 11.7. The van der Waals surface area contributed by atoms with Crippen molar-refractivity contribution in [2.24, 2.45) is 11.1 Å². The van der Waals surface area contributed by atoms with E-state index in [0.29, 0.717) is 35.8 Å². The predicted molar refractivity (Wildman–Crippen MR) is 127 cm³/mol. The summed E-state index contributed by atoms with van der Waals surface area (Å²) in [5.41, 5.74) is 1.79. The topological polar surface area (TPSA) is 127 Å². The molecule has 0 spiro atoms. The van der Waals surface area contributed by atoms with Crippen LogP contribution in [0.2, 0.25) is 0 Å². The Morgan fingerprint density at radius 3 is 2.69 bits per heavy atom. The summed E-state index contributed by atoms with van der Waals surface area (Å²) in [5, 5.41) is 7.31. The van der Waals surface area contributed by atoms with E-state index in [2.05, 4.69) is 39.0 Å². The third-order valence-electron chi connectivity index (χ3n) is 6.36. The Labute approximate surface area is 216 Å². The summed E-state index contributed by atoms with van der Waals surface area (Å²) < 4.78 is 19.4. The second-order valence-corrected chi connectivity index (χ2v) is 13.8. The fourth-order valence-corrected chi connectivity index (χ4v) is 9.32. The van der Waals surface area contributed by atoms with Crippen LogP contribution < -0.4 is 26.1 Å². The minimum absolute atomic E-state index is 0.175. The van der Waals surface area contributed by atoms with Gasteiger partial charge in [-0.15, -0.1) is 0 Å². The molecule has 0 aromatic carbocycles. The first-order chi connectivity index (χ1) is 17.0. The van der Waals surface area contributed by atoms with Crippen LogP contribution in [0.3, 0.4) is 0 Å². The Morgan fingerprint density at radius 2 is 1.97 bits per heavy atom. The Balaban J connectivity index is 1.32. The van der Waals surface area contributed by atoms with Crippen LogP contribution in [0.4, 0.5) is 5.95 Å². The van der Waals surface area contributed by atoms with Gasteiger partial charge in [-0.05, 0) is 0 Å². The molecule has 1 fully saturated rings. The molecule has 0 radical (unpaired) electrons. The van der Waals surface area contributed by atoms with E-state index >= 15 is 0 Å². The van der Waals surface area contributed by atoms with Crippen LogP contribution in [0.5, 0.6) is 0 Å². The molecule has 5 rings (SSSR count). The molecule has 186 valence electrons. The summed E-state index contributed by atoms with van der Waals surface area (Å²) in [6.07, 6.45) is 5.86. The number of halogens is 1. The molecule has 0 N–H and O–H groups in total. The van der Waals surface area contributed by atoms with Gasteiger partial charge in [-0.2, -0.15) is 0 Å². The molecule has 2 aliphatic rings. The molecular weight excluding hydrogens is 581 g/mol. The molecule has 0 saturated carbocycles. The first-order valence-corrected chi connectivity index (χ1v) is 15.4. The normalized spacial score (nSPS) is 19.3. The fraction of sp³-hybridized carbons (Fsp3) is 0.522. The van der Waals surface area contributed by atoms with Gasteiger partial charge >= 0.3 is 200 Å². The molecule has 35 heavy (non-hydrogen) atoms. The second-order valence-electron chi connectivity index (χ2n) is 9.02. The number of rotatable bonds is 8. The van der Waals surface area contributed by atoms with E-state index in [0.717, 1.165) is 45.8 Å². The summed E-state index contributed by atoms with van der Waals surface area (Å²) in [4.78, 5) is 32.4. The van der Waals surface area contributed by atoms with Crippen LogP contribution in [-0.4, -0.2) is 58.6 Å². The molecule has 2 unspecified atom stereocenters. The van der Waals surface area contributed by atoms with Gasteiger partial charge in [-0.25, -0.2) is 0 Å². The van der Waals surface area contributed by atoms with Gasteiger partial charge in [0.15, 0.2) is 0 Å². The summed E-state index contributed by atoms with van der Waals surface area (Å²) in [5.74, 6) is 3.06. The van der Waals surface area contributed by atoms with Gasteiger partial charge in [-0.1, -0.05) is 0 Å². The number of hydrogen-bond donors (Lipinski definition) is 0. The van der Waals surface area contributed by atoms with E-state index in [1.165, 1.54) is 0 Å². The number of piperidine rings is 1. The third-order valence-corrected chi connectivity index (χ3v) is 12.2. The van der Waals surface area contributed by atoms with Crippen LogP contribution >= 0.6 is 0 Å². The van der Waals surface area contributed by atoms with Crippen LogP contribution in [0.15, 0.2) is 39.1 Å². The van der Waals surface area contributed by atoms with E-state index in [4.69, 9.17) is 14.5 Å². The SMILES string of the molecule is CC(C)C(CN=O)[I-]c1nc(N2CCC(c3nc(-c4ccncc4)no3)CC2)nc2c1S(=O)CC2. The number of nitrogens with zero attached hydrogens (tertiary/aromatic N) is 7. The Hall–Kier alpha value is -2.35. The molecule has 5 heterocycles. The monoisotopic (exact) mass is 608 g/mol. The number of alkyl halides is 1. The van der Waals surface area contributed by atoms with Crippen molar-refractivity contribution in [2.45, 2.75) is 47.8 Å². The van der Waals surface area contributed by atoms with Crippen molar-refractivity contribution in [2.75, 3.05) is 30.3 Å². The molecule has 12 heteroatoms. The molecule has 10 nitrogen and oxygen atoms in total. The molecule has 1 saturated heterocycles. The molecule has 0 bridgehead atoms. The Kier molecular flexibility index (Phi) is 7.46. The number of nitroso groups, excluding NO2 is 1. The Morgan fingerprint density at radius 1 is 1.20 bits per heavy atom. The van der Waals surface area contributed by atoms with Crippen molar-refractivity contribution in [1.82, 2.24) is 25.1 Å². The number of aryl methyl sites for hydroxylation is 1. The standard InChI is InChI=1S/C23H27IN7O3S/c1-14(2)17(13-26-32)24-20-19-18(7-12-35(19)33)27-23(28-20)31-10-5-16(6-11-31)22-29-21(30-34-22)15-3-8-25-9-4-15/h3-4,8-9,14,16-17H,5-7,10-13H2,1-2H3/q-1. The summed E-state index contributed by atoms with van der Waals surface area (Å²) in [6.45, 7) is 6.05. The maximum absolute atomic E-state index is 12.7. The van der Waals surface area contributed by atoms with Crippen molar-refractivity contribution >= 4 is 16.7 Å². The van der Waals surface area contributed by atoms with Crippen LogP contribution in [0.25, 0.3) is 11.4 Å². The molecule has 2 aliphatic heterocycles. The zero-order chi connectivity index (χ0) is 24.4. The van der Waals surface area contributed by atoms with Gasteiger partial charge < -0.3 is 0 Å². The quantitative estimate of drug-likeness (QED) is 0.151. The maximum atomic E-state index is 12.7. The zero-order valence-corrected chi connectivity index (χ0v) is 22.6. The number of aromatic nitrogens is 5. The van der Waals surface area contributed by atoms with Crippen molar-refractivity contribution in [3.05, 3.63) is 44.7 Å². The molecule has 3 aromatic rings. The molecule has 2 atom stereocenters. The van der Waals surface area contributed by atoms with Crippen LogP contribution in [-0.2, 0) is 17.2 Å². The molecular formula is C23H27IN7O3S-. The number of fused-ring (bicyclic) bond motifs is 1. The van der Waals surface area contributed by atoms with Gasteiger partial charge in [0.25, 0.3) is 0 Å². The first kappa shape index (κ1) is 24.3. The van der Waals surface area contributed by atoms with Crippen LogP contribution in [0, 0.1) is 14.5 Å². The van der Waals surface area contributed by atoms with E-state index in [1.807, 2.05) is 12.1 Å². The van der Waals surface area contributed by atoms with E-state index in [-0.39, 0.29) is 16.4 Å². The van der Waals surface area contributed by atoms with E-state index in [1.54, 1.807) is 12.4 Å². The van der Waals surface area contributed by atoms with Gasteiger partial charge in [0.2, 0.25) is 0 Å². The van der Waals surface area contributed by atoms with E-state index < -0.39 is 32.0 Å². The Bertz CT molecular complexity index is 1220.